The number of amides is 1. The Bertz CT molecular complexity index is 894. The molecule has 27 heavy (non-hydrogen) atoms. The fourth-order valence-corrected chi connectivity index (χ4v) is 2.73. The zero-order valence-corrected chi connectivity index (χ0v) is 16.4. The molecule has 0 heterocycles. The summed E-state index contributed by atoms with van der Waals surface area (Å²) in [4.78, 5) is 24.0. The molecule has 1 amide bonds. The minimum atomic E-state index is -1.18. The lowest BCUT2D eigenvalue weighted by Crippen LogP contribution is -2.15. The van der Waals surface area contributed by atoms with Crippen LogP contribution in [0.15, 0.2) is 48.0 Å². The van der Waals surface area contributed by atoms with Crippen molar-refractivity contribution in [1.29, 1.82) is 0 Å². The van der Waals surface area contributed by atoms with Crippen molar-refractivity contribution in [3.8, 4) is 5.75 Å². The summed E-state index contributed by atoms with van der Waals surface area (Å²) in [5.74, 6) is -1.29. The molecule has 0 radical (unpaired) electrons. The van der Waals surface area contributed by atoms with Crippen molar-refractivity contribution in [2.75, 3.05) is 11.9 Å². The largest absolute Gasteiger partial charge is 0.493 e. The molecule has 0 aromatic heterocycles. The van der Waals surface area contributed by atoms with Gasteiger partial charge in [0.25, 0.3) is 5.91 Å². The van der Waals surface area contributed by atoms with Crippen LogP contribution in [0.5, 0.6) is 5.75 Å². The Kier molecular flexibility index (Phi) is 7.28. The van der Waals surface area contributed by atoms with Gasteiger partial charge in [-0.1, -0.05) is 34.9 Å². The third kappa shape index (κ3) is 5.74. The zero-order valence-electron chi connectivity index (χ0n) is 14.9. The molecule has 0 unspecified atom stereocenters. The average Bonchev–Trinajstić information content (AvgIpc) is 2.62. The summed E-state index contributed by atoms with van der Waals surface area (Å²) in [6, 6.07) is 8.93. The molecule has 0 saturated carbocycles. The molecule has 7 heteroatoms. The molecule has 5 nitrogen and oxygen atoms in total. The number of carboxylic acids is 1. The van der Waals surface area contributed by atoms with E-state index in [1.54, 1.807) is 6.07 Å². The van der Waals surface area contributed by atoms with Crippen LogP contribution < -0.4 is 10.1 Å². The second-order valence-electron chi connectivity index (χ2n) is 5.82. The van der Waals surface area contributed by atoms with Gasteiger partial charge in [-0.3, -0.25) is 4.79 Å². The molecule has 2 aromatic carbocycles. The molecular weight excluding hydrogens is 389 g/mol. The molecule has 0 fully saturated rings. The minimum absolute atomic E-state index is 0.0753. The van der Waals surface area contributed by atoms with Crippen molar-refractivity contribution in [2.24, 2.45) is 0 Å². The Labute approximate surface area is 167 Å². The van der Waals surface area contributed by atoms with Crippen LogP contribution in [-0.4, -0.2) is 23.6 Å². The number of carbonyl (C=O) groups is 2. The lowest BCUT2D eigenvalue weighted by atomic mass is 10.1. The van der Waals surface area contributed by atoms with Gasteiger partial charge >= 0.3 is 5.97 Å². The molecule has 0 aliphatic heterocycles. The number of rotatable bonds is 7. The standard InChI is InChI=1S/C20H19Cl2NO4/c1-3-12(2)8-9-27-14-5-7-18(16(11-14)20(25)26)23-19(24)15-6-4-13(21)10-17(15)22/h3-7,10-11H,8-9H2,1-2H3,(H,23,24)(H,25,26)/b12-3+. The fourth-order valence-electron chi connectivity index (χ4n) is 2.24. The van der Waals surface area contributed by atoms with Crippen LogP contribution in [0.25, 0.3) is 0 Å². The first-order chi connectivity index (χ1) is 12.8. The number of halogens is 2. The number of hydrogen-bond donors (Lipinski definition) is 2. The molecule has 0 atom stereocenters. The number of carbonyl (C=O) groups excluding carboxylic acids is 1. The predicted octanol–water partition coefficient (Wildman–Crippen LogP) is 5.68. The quantitative estimate of drug-likeness (QED) is 0.578. The second kappa shape index (κ2) is 9.44. The maximum absolute atomic E-state index is 12.4. The van der Waals surface area contributed by atoms with Crippen LogP contribution >= 0.6 is 23.2 Å². The van der Waals surface area contributed by atoms with Gasteiger partial charge in [-0.05, 0) is 50.2 Å². The van der Waals surface area contributed by atoms with Crippen LogP contribution in [0.4, 0.5) is 5.69 Å². The number of benzene rings is 2. The lowest BCUT2D eigenvalue weighted by Gasteiger charge is -2.12. The van der Waals surface area contributed by atoms with Crippen molar-refractivity contribution in [2.45, 2.75) is 20.3 Å². The molecule has 142 valence electrons. The number of carboxylic acid groups (broad SMARTS) is 1. The van der Waals surface area contributed by atoms with Gasteiger partial charge in [-0.15, -0.1) is 0 Å². The van der Waals surface area contributed by atoms with E-state index in [2.05, 4.69) is 5.32 Å². The minimum Gasteiger partial charge on any atom is -0.493 e. The maximum atomic E-state index is 12.4. The van der Waals surface area contributed by atoms with Crippen molar-refractivity contribution >= 4 is 40.8 Å². The Morgan fingerprint density at radius 2 is 1.89 bits per heavy atom. The van der Waals surface area contributed by atoms with Crippen molar-refractivity contribution < 1.29 is 19.4 Å². The molecule has 2 N–H and O–H groups in total. The summed E-state index contributed by atoms with van der Waals surface area (Å²) in [7, 11) is 0. The van der Waals surface area contributed by atoms with E-state index in [0.29, 0.717) is 17.4 Å². The normalized spacial score (nSPS) is 11.2. The van der Waals surface area contributed by atoms with Crippen LogP contribution in [0.2, 0.25) is 10.0 Å². The highest BCUT2D eigenvalue weighted by Gasteiger charge is 2.17. The first-order valence-electron chi connectivity index (χ1n) is 8.20. The Hall–Kier alpha value is -2.50. The van der Waals surface area contributed by atoms with Gasteiger partial charge in [0.05, 0.1) is 28.4 Å². The summed E-state index contributed by atoms with van der Waals surface area (Å²) < 4.78 is 5.59. The van der Waals surface area contributed by atoms with E-state index in [9.17, 15) is 14.7 Å². The van der Waals surface area contributed by atoms with Gasteiger partial charge < -0.3 is 15.2 Å². The molecule has 0 saturated heterocycles. The van der Waals surface area contributed by atoms with Crippen LogP contribution in [-0.2, 0) is 0 Å². The van der Waals surface area contributed by atoms with Crippen molar-refractivity contribution in [3.63, 3.8) is 0 Å². The summed E-state index contributed by atoms with van der Waals surface area (Å²) in [5, 5.41) is 12.6. The van der Waals surface area contributed by atoms with Gasteiger partial charge in [0, 0.05) is 11.4 Å². The topological polar surface area (TPSA) is 75.6 Å². The van der Waals surface area contributed by atoms with Gasteiger partial charge in [0.2, 0.25) is 0 Å². The smallest absolute Gasteiger partial charge is 0.337 e. The number of aromatic carboxylic acids is 1. The SMILES string of the molecule is C/C=C(\C)CCOc1ccc(NC(=O)c2ccc(Cl)cc2Cl)c(C(=O)O)c1. The van der Waals surface area contributed by atoms with Crippen molar-refractivity contribution in [3.05, 3.63) is 69.2 Å². The monoisotopic (exact) mass is 407 g/mol. The molecule has 0 aliphatic rings. The number of hydrogen-bond acceptors (Lipinski definition) is 3. The van der Waals surface area contributed by atoms with E-state index in [4.69, 9.17) is 27.9 Å². The molecular formula is C20H19Cl2NO4. The molecule has 0 aliphatic carbocycles. The van der Waals surface area contributed by atoms with E-state index in [1.807, 2.05) is 19.9 Å². The Morgan fingerprint density at radius 3 is 2.52 bits per heavy atom. The lowest BCUT2D eigenvalue weighted by molar-refractivity contribution is 0.0697. The van der Waals surface area contributed by atoms with E-state index in [0.717, 1.165) is 6.42 Å². The highest BCUT2D eigenvalue weighted by molar-refractivity contribution is 6.37. The van der Waals surface area contributed by atoms with E-state index in [1.165, 1.54) is 35.9 Å². The van der Waals surface area contributed by atoms with Gasteiger partial charge in [0.15, 0.2) is 0 Å². The van der Waals surface area contributed by atoms with Gasteiger partial charge in [0.1, 0.15) is 5.75 Å². The summed E-state index contributed by atoms with van der Waals surface area (Å²) in [5.41, 5.74) is 1.45. The van der Waals surface area contributed by atoms with E-state index in [-0.39, 0.29) is 21.8 Å². The van der Waals surface area contributed by atoms with E-state index >= 15 is 0 Å². The third-order valence-electron chi connectivity index (χ3n) is 3.90. The molecule has 0 spiro atoms. The maximum Gasteiger partial charge on any atom is 0.337 e. The summed E-state index contributed by atoms with van der Waals surface area (Å²) in [6.07, 6.45) is 2.74. The molecule has 2 aromatic rings. The van der Waals surface area contributed by atoms with Gasteiger partial charge in [-0.25, -0.2) is 4.79 Å². The summed E-state index contributed by atoms with van der Waals surface area (Å²) >= 11 is 11.9. The fraction of sp³-hybridized carbons (Fsp3) is 0.200. The molecule has 2 rings (SSSR count). The van der Waals surface area contributed by atoms with Crippen LogP contribution in [0, 0.1) is 0 Å². The predicted molar refractivity (Wildman–Crippen MR) is 107 cm³/mol. The first-order valence-corrected chi connectivity index (χ1v) is 8.95. The zero-order chi connectivity index (χ0) is 20.0. The number of anilines is 1. The highest BCUT2D eigenvalue weighted by atomic mass is 35.5. The van der Waals surface area contributed by atoms with Crippen LogP contribution in [0.1, 0.15) is 41.0 Å². The Balaban J connectivity index is 2.18. The average molecular weight is 408 g/mol. The number of ether oxygens (including phenoxy) is 1. The number of nitrogens with one attached hydrogen (secondary N) is 1. The van der Waals surface area contributed by atoms with Crippen molar-refractivity contribution in [1.82, 2.24) is 0 Å². The first kappa shape index (κ1) is 20.8. The van der Waals surface area contributed by atoms with Gasteiger partial charge in [-0.2, -0.15) is 0 Å². The van der Waals surface area contributed by atoms with E-state index < -0.39 is 11.9 Å². The third-order valence-corrected chi connectivity index (χ3v) is 4.45. The Morgan fingerprint density at radius 1 is 1.15 bits per heavy atom. The second-order valence-corrected chi connectivity index (χ2v) is 6.67. The summed E-state index contributed by atoms with van der Waals surface area (Å²) in [6.45, 7) is 4.37. The molecule has 0 bridgehead atoms. The number of allylic oxidation sites excluding steroid dienone is 1. The highest BCUT2D eigenvalue weighted by Crippen LogP contribution is 2.26. The van der Waals surface area contributed by atoms with Crippen LogP contribution in [0.3, 0.4) is 0 Å².